The van der Waals surface area contributed by atoms with Crippen molar-refractivity contribution in [2.75, 3.05) is 6.61 Å². The highest BCUT2D eigenvalue weighted by Crippen LogP contribution is 2.25. The van der Waals surface area contributed by atoms with Crippen LogP contribution < -0.4 is 0 Å². The van der Waals surface area contributed by atoms with Gasteiger partial charge in [-0.25, -0.2) is 4.79 Å². The van der Waals surface area contributed by atoms with Crippen LogP contribution in [0.15, 0.2) is 30.4 Å². The van der Waals surface area contributed by atoms with Gasteiger partial charge in [0.1, 0.15) is 0 Å². The summed E-state index contributed by atoms with van der Waals surface area (Å²) in [5, 5.41) is 8.94. The van der Waals surface area contributed by atoms with Crippen molar-refractivity contribution in [3.05, 3.63) is 47.0 Å². The van der Waals surface area contributed by atoms with E-state index in [1.165, 1.54) is 0 Å². The minimum Gasteiger partial charge on any atom is -0.478 e. The van der Waals surface area contributed by atoms with Crippen LogP contribution in [-0.4, -0.2) is 17.7 Å². The zero-order chi connectivity index (χ0) is 14.5. The van der Waals surface area contributed by atoms with Crippen molar-refractivity contribution < 1.29 is 14.6 Å². The van der Waals surface area contributed by atoms with Gasteiger partial charge < -0.3 is 9.84 Å². The fourth-order valence-electron chi connectivity index (χ4n) is 2.55. The number of hydrogen-bond acceptors (Lipinski definition) is 2. The Kier molecular flexibility index (Phi) is 4.96. The predicted octanol–water partition coefficient (Wildman–Crippen LogP) is 3.81. The number of allylic oxidation sites excluding steroid dienone is 2. The smallest absolute Gasteiger partial charge is 0.335 e. The quantitative estimate of drug-likeness (QED) is 0.830. The summed E-state index contributed by atoms with van der Waals surface area (Å²) in [5.41, 5.74) is 2.37. The minimum absolute atomic E-state index is 0.331. The minimum atomic E-state index is -0.886. The van der Waals surface area contributed by atoms with Gasteiger partial charge in [-0.05, 0) is 54.9 Å². The highest BCUT2D eigenvalue weighted by molar-refractivity contribution is 5.87. The number of carboxylic acids is 1. The van der Waals surface area contributed by atoms with Gasteiger partial charge in [-0.1, -0.05) is 25.1 Å². The molecule has 1 aromatic carbocycles. The Morgan fingerprint density at radius 2 is 2.10 bits per heavy atom. The lowest BCUT2D eigenvalue weighted by atomic mass is 9.85. The molecular formula is C17H22O3. The molecule has 3 nitrogen and oxygen atoms in total. The van der Waals surface area contributed by atoms with Crippen LogP contribution in [0.25, 0.3) is 0 Å². The average Bonchev–Trinajstić information content (AvgIpc) is 2.42. The second-order valence-corrected chi connectivity index (χ2v) is 5.64. The first kappa shape index (κ1) is 14.8. The van der Waals surface area contributed by atoms with E-state index in [9.17, 15) is 4.79 Å². The number of carboxylic acid groups (broad SMARTS) is 1. The molecule has 2 atom stereocenters. The van der Waals surface area contributed by atoms with Crippen LogP contribution in [0.3, 0.4) is 0 Å². The summed E-state index contributed by atoms with van der Waals surface area (Å²) in [4.78, 5) is 10.9. The molecule has 0 heterocycles. The van der Waals surface area contributed by atoms with E-state index in [2.05, 4.69) is 19.1 Å². The Morgan fingerprint density at radius 3 is 2.75 bits per heavy atom. The Hall–Kier alpha value is -1.61. The van der Waals surface area contributed by atoms with Crippen molar-refractivity contribution in [1.29, 1.82) is 0 Å². The first-order chi connectivity index (χ1) is 9.58. The van der Waals surface area contributed by atoms with Crippen LogP contribution in [0.4, 0.5) is 0 Å². The van der Waals surface area contributed by atoms with Crippen LogP contribution in [-0.2, 0) is 11.3 Å². The highest BCUT2D eigenvalue weighted by atomic mass is 16.5. The lowest BCUT2D eigenvalue weighted by molar-refractivity contribution is 0.0673. The number of benzene rings is 1. The molecule has 0 fully saturated rings. The molecule has 3 heteroatoms. The molecule has 0 spiro atoms. The van der Waals surface area contributed by atoms with Crippen molar-refractivity contribution in [3.8, 4) is 0 Å². The molecule has 2 rings (SSSR count). The molecule has 0 saturated heterocycles. The molecular weight excluding hydrogens is 252 g/mol. The van der Waals surface area contributed by atoms with Gasteiger partial charge in [0.2, 0.25) is 0 Å². The summed E-state index contributed by atoms with van der Waals surface area (Å²) in [5.74, 6) is 0.387. The molecule has 0 saturated carbocycles. The number of aryl methyl sites for hydroxylation is 1. The Bertz CT molecular complexity index is 505. The van der Waals surface area contributed by atoms with Gasteiger partial charge in [-0.2, -0.15) is 0 Å². The maximum atomic E-state index is 10.9. The molecule has 1 aliphatic carbocycles. The lowest BCUT2D eigenvalue weighted by Crippen LogP contribution is -2.19. The summed E-state index contributed by atoms with van der Waals surface area (Å²) in [6.45, 7) is 5.52. The topological polar surface area (TPSA) is 46.5 Å². The van der Waals surface area contributed by atoms with Crippen LogP contribution in [0.5, 0.6) is 0 Å². The number of aromatic carboxylic acids is 1. The van der Waals surface area contributed by atoms with Gasteiger partial charge in [-0.3, -0.25) is 0 Å². The maximum Gasteiger partial charge on any atom is 0.335 e. The van der Waals surface area contributed by atoms with E-state index in [0.29, 0.717) is 24.0 Å². The van der Waals surface area contributed by atoms with Gasteiger partial charge in [0.25, 0.3) is 0 Å². The van der Waals surface area contributed by atoms with E-state index in [1.807, 2.05) is 13.0 Å². The third-order valence-electron chi connectivity index (χ3n) is 4.10. The molecule has 0 amide bonds. The molecule has 1 N–H and O–H groups in total. The summed E-state index contributed by atoms with van der Waals surface area (Å²) in [6.07, 6.45) is 6.72. The lowest BCUT2D eigenvalue weighted by Gasteiger charge is -2.25. The monoisotopic (exact) mass is 274 g/mol. The third-order valence-corrected chi connectivity index (χ3v) is 4.10. The second-order valence-electron chi connectivity index (χ2n) is 5.64. The summed E-state index contributed by atoms with van der Waals surface area (Å²) < 4.78 is 5.83. The summed E-state index contributed by atoms with van der Waals surface area (Å²) >= 11 is 0. The number of rotatable bonds is 5. The van der Waals surface area contributed by atoms with Crippen LogP contribution in [0.1, 0.15) is 41.3 Å². The standard InChI is InChI=1S/C17H22O3/c1-12-5-3-4-6-15(12)10-20-11-16-8-7-14(17(18)19)9-13(16)2/h3-4,7-9,12,15H,5-6,10-11H2,1-2H3,(H,18,19). The zero-order valence-electron chi connectivity index (χ0n) is 12.1. The molecule has 2 unspecified atom stereocenters. The van der Waals surface area contributed by atoms with Crippen LogP contribution in [0, 0.1) is 18.8 Å². The summed E-state index contributed by atoms with van der Waals surface area (Å²) in [7, 11) is 0. The maximum absolute atomic E-state index is 10.9. The van der Waals surface area contributed by atoms with Crippen molar-refractivity contribution in [2.24, 2.45) is 11.8 Å². The van der Waals surface area contributed by atoms with Crippen LogP contribution >= 0.6 is 0 Å². The first-order valence-electron chi connectivity index (χ1n) is 7.13. The average molecular weight is 274 g/mol. The van der Waals surface area contributed by atoms with E-state index in [4.69, 9.17) is 9.84 Å². The van der Waals surface area contributed by atoms with E-state index >= 15 is 0 Å². The largest absolute Gasteiger partial charge is 0.478 e. The molecule has 1 aliphatic rings. The van der Waals surface area contributed by atoms with Crippen molar-refractivity contribution >= 4 is 5.97 Å². The number of ether oxygens (including phenoxy) is 1. The number of carbonyl (C=O) groups is 1. The van der Waals surface area contributed by atoms with Crippen molar-refractivity contribution in [3.63, 3.8) is 0 Å². The summed E-state index contributed by atoms with van der Waals surface area (Å²) in [6, 6.07) is 5.19. The number of hydrogen-bond donors (Lipinski definition) is 1. The van der Waals surface area contributed by atoms with Gasteiger partial charge in [0, 0.05) is 0 Å². The van der Waals surface area contributed by atoms with Gasteiger partial charge in [-0.15, -0.1) is 0 Å². The fourth-order valence-corrected chi connectivity index (χ4v) is 2.55. The van der Waals surface area contributed by atoms with Crippen molar-refractivity contribution in [2.45, 2.75) is 33.3 Å². The van der Waals surface area contributed by atoms with E-state index in [-0.39, 0.29) is 0 Å². The molecule has 0 bridgehead atoms. The van der Waals surface area contributed by atoms with Crippen molar-refractivity contribution in [1.82, 2.24) is 0 Å². The Morgan fingerprint density at radius 1 is 1.35 bits per heavy atom. The normalized spacial score (nSPS) is 21.9. The molecule has 20 heavy (non-hydrogen) atoms. The van der Waals surface area contributed by atoms with Gasteiger partial charge >= 0.3 is 5.97 Å². The third kappa shape index (κ3) is 3.70. The van der Waals surface area contributed by atoms with E-state index in [0.717, 1.165) is 30.6 Å². The highest BCUT2D eigenvalue weighted by Gasteiger charge is 2.18. The SMILES string of the molecule is Cc1cc(C(=O)O)ccc1COCC1CC=CCC1C. The molecule has 0 aromatic heterocycles. The van der Waals surface area contributed by atoms with E-state index < -0.39 is 5.97 Å². The van der Waals surface area contributed by atoms with Gasteiger partial charge in [0.15, 0.2) is 0 Å². The zero-order valence-corrected chi connectivity index (χ0v) is 12.1. The molecule has 0 radical (unpaired) electrons. The predicted molar refractivity (Wildman–Crippen MR) is 78.8 cm³/mol. The van der Waals surface area contributed by atoms with Gasteiger partial charge in [0.05, 0.1) is 18.8 Å². The first-order valence-corrected chi connectivity index (χ1v) is 7.13. The molecule has 1 aromatic rings. The fraction of sp³-hybridized carbons (Fsp3) is 0.471. The van der Waals surface area contributed by atoms with Crippen LogP contribution in [0.2, 0.25) is 0 Å². The Balaban J connectivity index is 1.88. The van der Waals surface area contributed by atoms with E-state index in [1.54, 1.807) is 12.1 Å². The molecule has 0 aliphatic heterocycles. The molecule has 108 valence electrons. The second kappa shape index (κ2) is 6.71. The Labute approximate surface area is 120 Å².